The van der Waals surface area contributed by atoms with Crippen LogP contribution in [0, 0.1) is 0 Å². The maximum absolute atomic E-state index is 13.5. The number of rotatable bonds is 8. The van der Waals surface area contributed by atoms with Gasteiger partial charge >= 0.3 is 6.03 Å². The Morgan fingerprint density at radius 3 is 2.69 bits per heavy atom. The molecule has 9 nitrogen and oxygen atoms in total. The Kier molecular flexibility index (Phi) is 9.41. The zero-order valence-electron chi connectivity index (χ0n) is 20.5. The van der Waals surface area contributed by atoms with Gasteiger partial charge in [-0.2, -0.15) is 0 Å². The van der Waals surface area contributed by atoms with Gasteiger partial charge in [-0.3, -0.25) is 9.69 Å². The second-order valence-electron chi connectivity index (χ2n) is 8.82. The molecule has 0 aliphatic carbocycles. The number of carbonyl (C=O) groups is 2. The van der Waals surface area contributed by atoms with Gasteiger partial charge in [-0.1, -0.05) is 23.7 Å². The number of hydrogen-bond donors (Lipinski definition) is 1. The fraction of sp³-hybridized carbons (Fsp3) is 0.462. The normalized spacial score (nSPS) is 18.5. The van der Waals surface area contributed by atoms with Gasteiger partial charge in [0.25, 0.3) is 5.91 Å². The molecule has 2 aromatic rings. The number of urea groups is 1. The molecule has 0 radical (unpaired) electrons. The summed E-state index contributed by atoms with van der Waals surface area (Å²) in [6.07, 6.45) is -0.303. The molecular weight excluding hydrogens is 484 g/mol. The summed E-state index contributed by atoms with van der Waals surface area (Å²) in [4.78, 5) is 32.2. The van der Waals surface area contributed by atoms with Crippen molar-refractivity contribution in [2.24, 2.45) is 0 Å². The smallest absolute Gasteiger partial charge is 0.322 e. The highest BCUT2D eigenvalue weighted by Crippen LogP contribution is 2.18. The first-order valence-corrected chi connectivity index (χ1v) is 12.6. The quantitative estimate of drug-likeness (QED) is 0.580. The molecule has 0 spiro atoms. The summed E-state index contributed by atoms with van der Waals surface area (Å²) in [6, 6.07) is 14.0. The lowest BCUT2D eigenvalue weighted by Crippen LogP contribution is -2.52. The predicted octanol–water partition coefficient (Wildman–Crippen LogP) is 3.06. The second-order valence-corrected chi connectivity index (χ2v) is 9.25. The molecule has 2 aliphatic heterocycles. The maximum Gasteiger partial charge on any atom is 0.322 e. The molecule has 0 bridgehead atoms. The van der Waals surface area contributed by atoms with Gasteiger partial charge in [0.05, 0.1) is 39.6 Å². The number of hydrogen-bond acceptors (Lipinski definition) is 6. The van der Waals surface area contributed by atoms with E-state index in [1.165, 1.54) is 0 Å². The summed E-state index contributed by atoms with van der Waals surface area (Å²) in [7, 11) is 1.58. The molecule has 3 amide bonds. The Morgan fingerprint density at radius 2 is 1.92 bits per heavy atom. The molecule has 2 aromatic carbocycles. The van der Waals surface area contributed by atoms with E-state index in [2.05, 4.69) is 10.2 Å². The number of carbonyl (C=O) groups excluding carboxylic acids is 2. The predicted molar refractivity (Wildman–Crippen MR) is 138 cm³/mol. The SMILES string of the molecule is COc1cccc(C(=O)N(CCN2CCOCC2)C[C@H]2CN(C(=O)Nc3cccc(Cl)c3)CCO2)c1. The first-order valence-electron chi connectivity index (χ1n) is 12.2. The minimum absolute atomic E-state index is 0.0914. The highest BCUT2D eigenvalue weighted by atomic mass is 35.5. The van der Waals surface area contributed by atoms with Crippen molar-refractivity contribution in [1.29, 1.82) is 0 Å². The van der Waals surface area contributed by atoms with E-state index in [1.54, 1.807) is 48.4 Å². The van der Waals surface area contributed by atoms with Gasteiger partial charge in [0, 0.05) is 55.5 Å². The third-order valence-electron chi connectivity index (χ3n) is 6.32. The van der Waals surface area contributed by atoms with Crippen molar-refractivity contribution >= 4 is 29.2 Å². The van der Waals surface area contributed by atoms with Crippen LogP contribution in [-0.4, -0.2) is 105 Å². The van der Waals surface area contributed by atoms with Crippen LogP contribution in [0.5, 0.6) is 5.75 Å². The van der Waals surface area contributed by atoms with Crippen molar-refractivity contribution in [1.82, 2.24) is 14.7 Å². The van der Waals surface area contributed by atoms with Crippen molar-refractivity contribution < 1.29 is 23.8 Å². The number of amides is 3. The molecule has 36 heavy (non-hydrogen) atoms. The van der Waals surface area contributed by atoms with Crippen molar-refractivity contribution in [2.75, 3.05) is 78.1 Å². The number of methoxy groups -OCH3 is 1. The van der Waals surface area contributed by atoms with Gasteiger partial charge in [-0.15, -0.1) is 0 Å². The number of nitrogens with zero attached hydrogens (tertiary/aromatic N) is 3. The van der Waals surface area contributed by atoms with Crippen molar-refractivity contribution in [2.45, 2.75) is 6.10 Å². The van der Waals surface area contributed by atoms with E-state index < -0.39 is 0 Å². The standard InChI is InChI=1S/C26H33ClN4O5/c1-34-23-7-2-4-20(16-23)25(32)30(9-8-29-10-13-35-14-11-29)18-24-19-31(12-15-36-24)26(33)28-22-6-3-5-21(27)17-22/h2-7,16-17,24H,8-15,18-19H2,1H3,(H,28,33)/t24-/m0/s1. The summed E-state index contributed by atoms with van der Waals surface area (Å²) in [6.45, 7) is 6.01. The lowest BCUT2D eigenvalue weighted by atomic mass is 10.1. The van der Waals surface area contributed by atoms with Crippen LogP contribution in [0.2, 0.25) is 5.02 Å². The van der Waals surface area contributed by atoms with Gasteiger partial charge in [0.2, 0.25) is 0 Å². The van der Waals surface area contributed by atoms with E-state index in [9.17, 15) is 9.59 Å². The average Bonchev–Trinajstić information content (AvgIpc) is 2.91. The summed E-state index contributed by atoms with van der Waals surface area (Å²) in [5.41, 5.74) is 1.19. The molecular formula is C26H33ClN4O5. The Labute approximate surface area is 216 Å². The summed E-state index contributed by atoms with van der Waals surface area (Å²) in [5, 5.41) is 3.45. The monoisotopic (exact) mass is 516 g/mol. The van der Waals surface area contributed by atoms with E-state index >= 15 is 0 Å². The van der Waals surface area contributed by atoms with Crippen LogP contribution in [0.3, 0.4) is 0 Å². The van der Waals surface area contributed by atoms with Crippen LogP contribution in [0.15, 0.2) is 48.5 Å². The fourth-order valence-corrected chi connectivity index (χ4v) is 4.52. The molecule has 4 rings (SSSR count). The molecule has 0 aromatic heterocycles. The molecule has 2 saturated heterocycles. The third-order valence-corrected chi connectivity index (χ3v) is 6.55. The topological polar surface area (TPSA) is 83.6 Å². The summed E-state index contributed by atoms with van der Waals surface area (Å²) < 4.78 is 16.7. The Balaban J connectivity index is 1.41. The van der Waals surface area contributed by atoms with E-state index in [0.717, 1.165) is 19.6 Å². The minimum Gasteiger partial charge on any atom is -0.497 e. The lowest BCUT2D eigenvalue weighted by molar-refractivity contribution is -0.0282. The number of morpholine rings is 2. The zero-order chi connectivity index (χ0) is 25.3. The first kappa shape index (κ1) is 26.2. The lowest BCUT2D eigenvalue weighted by Gasteiger charge is -2.36. The molecule has 2 heterocycles. The zero-order valence-corrected chi connectivity index (χ0v) is 21.3. The maximum atomic E-state index is 13.5. The Bertz CT molecular complexity index is 1030. The van der Waals surface area contributed by atoms with Gasteiger partial charge in [-0.05, 0) is 36.4 Å². The van der Waals surface area contributed by atoms with Crippen LogP contribution in [0.1, 0.15) is 10.4 Å². The molecule has 0 saturated carbocycles. The van der Waals surface area contributed by atoms with E-state index in [0.29, 0.717) is 68.0 Å². The van der Waals surface area contributed by atoms with Crippen LogP contribution < -0.4 is 10.1 Å². The largest absolute Gasteiger partial charge is 0.497 e. The first-order chi connectivity index (χ1) is 17.5. The average molecular weight is 517 g/mol. The van der Waals surface area contributed by atoms with Crippen molar-refractivity contribution in [3.8, 4) is 5.75 Å². The molecule has 194 valence electrons. The van der Waals surface area contributed by atoms with Crippen molar-refractivity contribution in [3.05, 3.63) is 59.1 Å². The highest BCUT2D eigenvalue weighted by Gasteiger charge is 2.28. The molecule has 1 atom stereocenters. The van der Waals surface area contributed by atoms with E-state index in [-0.39, 0.29) is 18.0 Å². The Morgan fingerprint density at radius 1 is 1.11 bits per heavy atom. The fourth-order valence-electron chi connectivity index (χ4n) is 4.33. The van der Waals surface area contributed by atoms with Crippen LogP contribution in [0.4, 0.5) is 10.5 Å². The van der Waals surface area contributed by atoms with Crippen molar-refractivity contribution in [3.63, 3.8) is 0 Å². The number of nitrogens with one attached hydrogen (secondary N) is 1. The van der Waals surface area contributed by atoms with Gasteiger partial charge in [0.1, 0.15) is 5.75 Å². The van der Waals surface area contributed by atoms with E-state index in [1.807, 2.05) is 17.0 Å². The van der Waals surface area contributed by atoms with Gasteiger partial charge in [0.15, 0.2) is 0 Å². The molecule has 0 unspecified atom stereocenters. The van der Waals surface area contributed by atoms with Crippen LogP contribution in [0.25, 0.3) is 0 Å². The van der Waals surface area contributed by atoms with E-state index in [4.69, 9.17) is 25.8 Å². The highest BCUT2D eigenvalue weighted by molar-refractivity contribution is 6.30. The minimum atomic E-state index is -0.303. The molecule has 10 heteroatoms. The summed E-state index contributed by atoms with van der Waals surface area (Å²) >= 11 is 6.04. The van der Waals surface area contributed by atoms with Gasteiger partial charge < -0.3 is 29.3 Å². The Hall–Kier alpha value is -2.85. The van der Waals surface area contributed by atoms with Crippen LogP contribution >= 0.6 is 11.6 Å². The number of halogens is 1. The third kappa shape index (κ3) is 7.33. The summed E-state index contributed by atoms with van der Waals surface area (Å²) in [5.74, 6) is 0.540. The molecule has 1 N–H and O–H groups in total. The van der Waals surface area contributed by atoms with Gasteiger partial charge in [-0.25, -0.2) is 4.79 Å². The number of benzene rings is 2. The second kappa shape index (κ2) is 12.9. The van der Waals surface area contributed by atoms with Crippen LogP contribution in [-0.2, 0) is 9.47 Å². The number of anilines is 1. The number of ether oxygens (including phenoxy) is 3. The molecule has 2 fully saturated rings. The molecule has 2 aliphatic rings.